The molecule has 0 saturated carbocycles. The fourth-order valence-corrected chi connectivity index (χ4v) is 2.26. The number of halogens is 2. The maximum atomic E-state index is 13.3. The number of anilines is 1. The van der Waals surface area contributed by atoms with E-state index in [0.717, 1.165) is 12.8 Å². The maximum absolute atomic E-state index is 13.3. The summed E-state index contributed by atoms with van der Waals surface area (Å²) in [6.07, 6.45) is 2.01. The molecule has 1 atom stereocenters. The summed E-state index contributed by atoms with van der Waals surface area (Å²) in [4.78, 5) is 0. The van der Waals surface area contributed by atoms with Crippen molar-refractivity contribution in [3.8, 4) is 0 Å². The zero-order valence-corrected chi connectivity index (χ0v) is 11.6. The van der Waals surface area contributed by atoms with Crippen molar-refractivity contribution in [2.45, 2.75) is 25.8 Å². The van der Waals surface area contributed by atoms with Gasteiger partial charge in [-0.05, 0) is 30.2 Å². The first-order chi connectivity index (χ1) is 9.20. The molecular weight excluding hydrogens is 261 g/mol. The van der Waals surface area contributed by atoms with Gasteiger partial charge in [0.2, 0.25) is 0 Å². The summed E-state index contributed by atoms with van der Waals surface area (Å²) in [6.45, 7) is 2.13. The third-order valence-electron chi connectivity index (χ3n) is 3.04. The molecular formula is C16H17ClFN. The lowest BCUT2D eigenvalue weighted by Gasteiger charge is -2.20. The third kappa shape index (κ3) is 3.71. The molecule has 0 spiro atoms. The average Bonchev–Trinajstić information content (AvgIpc) is 2.43. The molecule has 0 fully saturated rings. The number of nitrogens with one attached hydrogen (secondary N) is 1. The Balaban J connectivity index is 2.24. The first-order valence-corrected chi connectivity index (χ1v) is 6.85. The average molecular weight is 278 g/mol. The van der Waals surface area contributed by atoms with Gasteiger partial charge in [-0.15, -0.1) is 0 Å². The van der Waals surface area contributed by atoms with E-state index in [2.05, 4.69) is 24.4 Å². The van der Waals surface area contributed by atoms with Crippen molar-refractivity contribution in [3.63, 3.8) is 0 Å². The maximum Gasteiger partial charge on any atom is 0.125 e. The van der Waals surface area contributed by atoms with E-state index in [1.807, 2.05) is 18.2 Å². The van der Waals surface area contributed by atoms with E-state index in [9.17, 15) is 4.39 Å². The molecule has 0 saturated heterocycles. The Morgan fingerprint density at radius 3 is 2.58 bits per heavy atom. The van der Waals surface area contributed by atoms with Crippen LogP contribution in [0.4, 0.5) is 10.1 Å². The topological polar surface area (TPSA) is 12.0 Å². The van der Waals surface area contributed by atoms with Gasteiger partial charge in [-0.2, -0.15) is 0 Å². The Bertz CT molecular complexity index is 528. The summed E-state index contributed by atoms with van der Waals surface area (Å²) in [7, 11) is 0. The van der Waals surface area contributed by atoms with Gasteiger partial charge in [-0.3, -0.25) is 0 Å². The minimum Gasteiger partial charge on any atom is -0.377 e. The normalized spacial score (nSPS) is 12.2. The van der Waals surface area contributed by atoms with Gasteiger partial charge in [0.25, 0.3) is 0 Å². The zero-order chi connectivity index (χ0) is 13.7. The SMILES string of the molecule is CCCC(Nc1cc(F)ccc1Cl)c1ccccc1. The minimum absolute atomic E-state index is 0.144. The van der Waals surface area contributed by atoms with Gasteiger partial charge in [0.15, 0.2) is 0 Å². The van der Waals surface area contributed by atoms with Crippen LogP contribution in [0.5, 0.6) is 0 Å². The number of rotatable bonds is 5. The highest BCUT2D eigenvalue weighted by atomic mass is 35.5. The molecule has 0 aromatic heterocycles. The van der Waals surface area contributed by atoms with Crippen LogP contribution in [-0.4, -0.2) is 0 Å². The lowest BCUT2D eigenvalue weighted by atomic mass is 10.0. The van der Waals surface area contributed by atoms with Crippen LogP contribution in [0.25, 0.3) is 0 Å². The van der Waals surface area contributed by atoms with Crippen LogP contribution in [0.1, 0.15) is 31.4 Å². The lowest BCUT2D eigenvalue weighted by molar-refractivity contribution is 0.626. The summed E-state index contributed by atoms with van der Waals surface area (Å²) < 4.78 is 13.3. The summed E-state index contributed by atoms with van der Waals surface area (Å²) in [5, 5.41) is 3.87. The Kier molecular flexibility index (Phi) is 4.80. The van der Waals surface area contributed by atoms with Crippen LogP contribution in [0.2, 0.25) is 5.02 Å². The van der Waals surface area contributed by atoms with Gasteiger partial charge in [-0.1, -0.05) is 55.3 Å². The molecule has 2 rings (SSSR count). The lowest BCUT2D eigenvalue weighted by Crippen LogP contribution is -2.11. The highest BCUT2D eigenvalue weighted by Crippen LogP contribution is 2.29. The number of benzene rings is 2. The monoisotopic (exact) mass is 277 g/mol. The summed E-state index contributed by atoms with van der Waals surface area (Å²) in [6, 6.07) is 14.7. The van der Waals surface area contributed by atoms with Crippen LogP contribution in [0, 0.1) is 5.82 Å². The zero-order valence-electron chi connectivity index (χ0n) is 10.9. The Hall–Kier alpha value is -1.54. The van der Waals surface area contributed by atoms with Crippen molar-refractivity contribution in [2.75, 3.05) is 5.32 Å². The molecule has 0 bridgehead atoms. The Morgan fingerprint density at radius 2 is 1.89 bits per heavy atom. The number of hydrogen-bond donors (Lipinski definition) is 1. The van der Waals surface area contributed by atoms with Gasteiger partial charge >= 0.3 is 0 Å². The Morgan fingerprint density at radius 1 is 1.16 bits per heavy atom. The van der Waals surface area contributed by atoms with Crippen molar-refractivity contribution >= 4 is 17.3 Å². The van der Waals surface area contributed by atoms with Crippen LogP contribution < -0.4 is 5.32 Å². The number of hydrogen-bond acceptors (Lipinski definition) is 1. The summed E-state index contributed by atoms with van der Waals surface area (Å²) in [5.41, 5.74) is 1.83. The first kappa shape index (κ1) is 13.9. The minimum atomic E-state index is -0.282. The standard InChI is InChI=1S/C16H17ClFN/c1-2-6-15(12-7-4-3-5-8-12)19-16-11-13(18)9-10-14(16)17/h3-5,7-11,15,19H,2,6H2,1H3. The van der Waals surface area contributed by atoms with Gasteiger partial charge < -0.3 is 5.32 Å². The predicted molar refractivity (Wildman–Crippen MR) is 79.1 cm³/mol. The third-order valence-corrected chi connectivity index (χ3v) is 3.37. The molecule has 0 aliphatic carbocycles. The molecule has 2 aromatic carbocycles. The van der Waals surface area contributed by atoms with Crippen LogP contribution in [-0.2, 0) is 0 Å². The van der Waals surface area contributed by atoms with E-state index >= 15 is 0 Å². The fourth-order valence-electron chi connectivity index (χ4n) is 2.09. The molecule has 1 unspecified atom stereocenters. The van der Waals surface area contributed by atoms with Gasteiger partial charge in [0.1, 0.15) is 5.82 Å². The molecule has 100 valence electrons. The molecule has 0 heterocycles. The van der Waals surface area contributed by atoms with Gasteiger partial charge in [0, 0.05) is 0 Å². The first-order valence-electron chi connectivity index (χ1n) is 6.47. The van der Waals surface area contributed by atoms with Crippen molar-refractivity contribution in [1.29, 1.82) is 0 Å². The Labute approximate surface area is 118 Å². The smallest absolute Gasteiger partial charge is 0.125 e. The van der Waals surface area contributed by atoms with E-state index in [1.54, 1.807) is 6.07 Å². The van der Waals surface area contributed by atoms with Crippen molar-refractivity contribution in [3.05, 3.63) is 64.9 Å². The second-order valence-electron chi connectivity index (χ2n) is 4.52. The van der Waals surface area contributed by atoms with Gasteiger partial charge in [0.05, 0.1) is 16.8 Å². The summed E-state index contributed by atoms with van der Waals surface area (Å²) in [5.74, 6) is -0.282. The van der Waals surface area contributed by atoms with Crippen LogP contribution >= 0.6 is 11.6 Å². The van der Waals surface area contributed by atoms with E-state index in [0.29, 0.717) is 10.7 Å². The molecule has 19 heavy (non-hydrogen) atoms. The quantitative estimate of drug-likeness (QED) is 0.768. The van der Waals surface area contributed by atoms with E-state index in [4.69, 9.17) is 11.6 Å². The molecule has 1 nitrogen and oxygen atoms in total. The predicted octanol–water partition coefficient (Wildman–Crippen LogP) is 5.43. The summed E-state index contributed by atoms with van der Waals surface area (Å²) >= 11 is 6.10. The van der Waals surface area contributed by atoms with Crippen LogP contribution in [0.15, 0.2) is 48.5 Å². The van der Waals surface area contributed by atoms with Crippen molar-refractivity contribution < 1.29 is 4.39 Å². The molecule has 2 aromatic rings. The second kappa shape index (κ2) is 6.58. The molecule has 1 N–H and O–H groups in total. The molecule has 0 amide bonds. The van der Waals surface area contributed by atoms with Crippen LogP contribution in [0.3, 0.4) is 0 Å². The van der Waals surface area contributed by atoms with E-state index in [-0.39, 0.29) is 11.9 Å². The second-order valence-corrected chi connectivity index (χ2v) is 4.93. The molecule has 3 heteroatoms. The van der Waals surface area contributed by atoms with Crippen molar-refractivity contribution in [2.24, 2.45) is 0 Å². The fraction of sp³-hybridized carbons (Fsp3) is 0.250. The molecule has 0 radical (unpaired) electrons. The van der Waals surface area contributed by atoms with E-state index < -0.39 is 0 Å². The largest absolute Gasteiger partial charge is 0.377 e. The van der Waals surface area contributed by atoms with Crippen molar-refractivity contribution in [1.82, 2.24) is 0 Å². The molecule has 0 aliphatic rings. The highest BCUT2D eigenvalue weighted by Gasteiger charge is 2.12. The van der Waals surface area contributed by atoms with Gasteiger partial charge in [-0.25, -0.2) is 4.39 Å². The van der Waals surface area contributed by atoms with E-state index in [1.165, 1.54) is 17.7 Å². The highest BCUT2D eigenvalue weighted by molar-refractivity contribution is 6.33. The molecule has 0 aliphatic heterocycles.